The van der Waals surface area contributed by atoms with Gasteiger partial charge in [-0.15, -0.1) is 0 Å². The Morgan fingerprint density at radius 2 is 2.44 bits per heavy atom. The minimum atomic E-state index is -1.05. The molecule has 1 fully saturated rings. The zero-order chi connectivity index (χ0) is 11.8. The maximum Gasteiger partial charge on any atom is 0.320 e. The Bertz CT molecular complexity index is 440. The third-order valence-corrected chi connectivity index (χ3v) is 3.09. The highest BCUT2D eigenvalue weighted by Gasteiger charge is 2.49. The van der Waals surface area contributed by atoms with Crippen LogP contribution in [-0.4, -0.2) is 33.1 Å². The van der Waals surface area contributed by atoms with E-state index in [1.807, 2.05) is 0 Å². The van der Waals surface area contributed by atoms with Crippen molar-refractivity contribution in [2.45, 2.75) is 19.8 Å². The summed E-state index contributed by atoms with van der Waals surface area (Å²) >= 11 is 0. The Balaban J connectivity index is 2.32. The van der Waals surface area contributed by atoms with Crippen molar-refractivity contribution in [1.82, 2.24) is 14.8 Å². The molecule has 0 saturated carbocycles. The summed E-state index contributed by atoms with van der Waals surface area (Å²) in [5.41, 5.74) is -1.05. The molecule has 1 unspecified atom stereocenters. The van der Waals surface area contributed by atoms with E-state index in [9.17, 15) is 9.59 Å². The maximum absolute atomic E-state index is 11.7. The average molecular weight is 223 g/mol. The first kappa shape index (κ1) is 10.8. The predicted octanol–water partition coefficient (Wildman–Crippen LogP) is -0.120. The number of carbonyl (C=O) groups excluding carboxylic acids is 2. The fourth-order valence-corrected chi connectivity index (χ4v) is 1.91. The van der Waals surface area contributed by atoms with Gasteiger partial charge in [0.25, 0.3) is 0 Å². The number of ketones is 1. The summed E-state index contributed by atoms with van der Waals surface area (Å²) in [6, 6.07) is 0. The van der Waals surface area contributed by atoms with Gasteiger partial charge in [-0.05, 0) is 6.92 Å². The quantitative estimate of drug-likeness (QED) is 0.527. The second-order valence-corrected chi connectivity index (χ2v) is 4.00. The van der Waals surface area contributed by atoms with E-state index < -0.39 is 11.4 Å². The van der Waals surface area contributed by atoms with E-state index in [0.29, 0.717) is 18.9 Å². The van der Waals surface area contributed by atoms with Gasteiger partial charge in [-0.1, -0.05) is 0 Å². The van der Waals surface area contributed by atoms with Gasteiger partial charge >= 0.3 is 5.97 Å². The van der Waals surface area contributed by atoms with Crippen LogP contribution in [0.5, 0.6) is 0 Å². The van der Waals surface area contributed by atoms with Crippen molar-refractivity contribution in [2.24, 2.45) is 12.5 Å². The molecule has 6 nitrogen and oxygen atoms in total. The SMILES string of the molecule is CC(=O)C1(Cc2ncnn2C)CCOC1=O. The minimum absolute atomic E-state index is 0.169. The lowest BCUT2D eigenvalue weighted by atomic mass is 9.79. The second kappa shape index (κ2) is 3.70. The topological polar surface area (TPSA) is 74.1 Å². The van der Waals surface area contributed by atoms with Crippen molar-refractivity contribution in [2.75, 3.05) is 6.61 Å². The molecule has 0 radical (unpaired) electrons. The molecule has 0 spiro atoms. The number of nitrogens with zero attached hydrogens (tertiary/aromatic N) is 3. The molecule has 1 aromatic rings. The molecule has 1 saturated heterocycles. The van der Waals surface area contributed by atoms with Crippen LogP contribution in [0.15, 0.2) is 6.33 Å². The Morgan fingerprint density at radius 1 is 1.69 bits per heavy atom. The van der Waals surface area contributed by atoms with Gasteiger partial charge < -0.3 is 4.74 Å². The largest absolute Gasteiger partial charge is 0.465 e. The van der Waals surface area contributed by atoms with E-state index in [1.165, 1.54) is 13.3 Å². The molecular formula is C10H13N3O3. The van der Waals surface area contributed by atoms with Crippen LogP contribution in [-0.2, 0) is 27.8 Å². The molecule has 0 amide bonds. The number of Topliss-reactive ketones (excluding diaryl/α,β-unsaturated/α-hetero) is 1. The fourth-order valence-electron chi connectivity index (χ4n) is 1.91. The maximum atomic E-state index is 11.7. The van der Waals surface area contributed by atoms with Gasteiger partial charge in [-0.2, -0.15) is 5.10 Å². The molecule has 0 aliphatic carbocycles. The number of hydrogen-bond acceptors (Lipinski definition) is 5. The number of aryl methyl sites for hydroxylation is 1. The van der Waals surface area contributed by atoms with E-state index in [2.05, 4.69) is 10.1 Å². The van der Waals surface area contributed by atoms with Gasteiger partial charge in [-0.25, -0.2) is 4.98 Å². The van der Waals surface area contributed by atoms with E-state index in [4.69, 9.17) is 4.74 Å². The lowest BCUT2D eigenvalue weighted by Crippen LogP contribution is -2.37. The number of esters is 1. The lowest BCUT2D eigenvalue weighted by Gasteiger charge is -2.20. The molecule has 1 aromatic heterocycles. The Labute approximate surface area is 92.6 Å². The first-order chi connectivity index (χ1) is 7.56. The lowest BCUT2D eigenvalue weighted by molar-refractivity contribution is -0.150. The number of carbonyl (C=O) groups is 2. The molecule has 1 aliphatic heterocycles. The van der Waals surface area contributed by atoms with Gasteiger partial charge in [0.2, 0.25) is 0 Å². The molecule has 2 rings (SSSR count). The fraction of sp³-hybridized carbons (Fsp3) is 0.600. The summed E-state index contributed by atoms with van der Waals surface area (Å²) in [6.07, 6.45) is 2.09. The first-order valence-electron chi connectivity index (χ1n) is 5.07. The standard InChI is InChI=1S/C10H13N3O3/c1-7(14)10(3-4-16-9(10)15)5-8-11-6-12-13(8)2/h6H,3-5H2,1-2H3. The van der Waals surface area contributed by atoms with E-state index in [1.54, 1.807) is 11.7 Å². The summed E-state index contributed by atoms with van der Waals surface area (Å²) < 4.78 is 6.47. The summed E-state index contributed by atoms with van der Waals surface area (Å²) in [5, 5.41) is 3.92. The van der Waals surface area contributed by atoms with Gasteiger partial charge in [-0.3, -0.25) is 14.3 Å². The average Bonchev–Trinajstić information content (AvgIpc) is 2.77. The van der Waals surface area contributed by atoms with E-state index in [-0.39, 0.29) is 12.2 Å². The van der Waals surface area contributed by atoms with Crippen molar-refractivity contribution >= 4 is 11.8 Å². The summed E-state index contributed by atoms with van der Waals surface area (Å²) in [6.45, 7) is 1.72. The monoisotopic (exact) mass is 223 g/mol. The number of hydrogen-bond donors (Lipinski definition) is 0. The van der Waals surface area contributed by atoms with E-state index >= 15 is 0 Å². The molecule has 6 heteroatoms. The molecule has 86 valence electrons. The summed E-state index contributed by atoms with van der Waals surface area (Å²) in [7, 11) is 1.73. The second-order valence-electron chi connectivity index (χ2n) is 4.00. The molecule has 1 aliphatic rings. The molecule has 1 atom stereocenters. The third-order valence-electron chi connectivity index (χ3n) is 3.09. The third kappa shape index (κ3) is 1.50. The molecular weight excluding hydrogens is 210 g/mol. The summed E-state index contributed by atoms with van der Waals surface area (Å²) in [5.74, 6) is 0.00931. The Morgan fingerprint density at radius 3 is 2.88 bits per heavy atom. The van der Waals surface area contributed by atoms with Gasteiger partial charge in [0.15, 0.2) is 0 Å². The van der Waals surface area contributed by atoms with Crippen LogP contribution >= 0.6 is 0 Å². The highest BCUT2D eigenvalue weighted by Crippen LogP contribution is 2.34. The molecule has 0 aromatic carbocycles. The predicted molar refractivity (Wildman–Crippen MR) is 53.4 cm³/mol. The summed E-state index contributed by atoms with van der Waals surface area (Å²) in [4.78, 5) is 27.4. The Hall–Kier alpha value is -1.72. The van der Waals surface area contributed by atoms with Crippen molar-refractivity contribution in [1.29, 1.82) is 0 Å². The highest BCUT2D eigenvalue weighted by atomic mass is 16.5. The van der Waals surface area contributed by atoms with Crippen LogP contribution in [0, 0.1) is 5.41 Å². The van der Waals surface area contributed by atoms with Crippen LogP contribution < -0.4 is 0 Å². The highest BCUT2D eigenvalue weighted by molar-refractivity contribution is 6.03. The van der Waals surface area contributed by atoms with Crippen molar-refractivity contribution in [3.8, 4) is 0 Å². The number of rotatable bonds is 3. The normalized spacial score (nSPS) is 24.5. The Kier molecular flexibility index (Phi) is 2.49. The van der Waals surface area contributed by atoms with Crippen LogP contribution in [0.3, 0.4) is 0 Å². The van der Waals surface area contributed by atoms with Crippen molar-refractivity contribution in [3.05, 3.63) is 12.2 Å². The number of ether oxygens (including phenoxy) is 1. The van der Waals surface area contributed by atoms with Gasteiger partial charge in [0.05, 0.1) is 6.61 Å². The van der Waals surface area contributed by atoms with Gasteiger partial charge in [0, 0.05) is 19.9 Å². The molecule has 2 heterocycles. The van der Waals surface area contributed by atoms with Crippen molar-refractivity contribution < 1.29 is 14.3 Å². The molecule has 16 heavy (non-hydrogen) atoms. The van der Waals surface area contributed by atoms with Crippen LogP contribution in [0.25, 0.3) is 0 Å². The zero-order valence-electron chi connectivity index (χ0n) is 9.27. The number of aromatic nitrogens is 3. The smallest absolute Gasteiger partial charge is 0.320 e. The number of cyclic esters (lactones) is 1. The van der Waals surface area contributed by atoms with Crippen LogP contribution in [0.2, 0.25) is 0 Å². The van der Waals surface area contributed by atoms with Crippen LogP contribution in [0.4, 0.5) is 0 Å². The van der Waals surface area contributed by atoms with E-state index in [0.717, 1.165) is 0 Å². The minimum Gasteiger partial charge on any atom is -0.465 e. The molecule has 0 bridgehead atoms. The first-order valence-corrected chi connectivity index (χ1v) is 5.07. The van der Waals surface area contributed by atoms with Gasteiger partial charge in [0.1, 0.15) is 23.3 Å². The zero-order valence-corrected chi connectivity index (χ0v) is 9.27. The molecule has 0 N–H and O–H groups in total. The van der Waals surface area contributed by atoms with Crippen LogP contribution in [0.1, 0.15) is 19.2 Å². The van der Waals surface area contributed by atoms with Crippen molar-refractivity contribution in [3.63, 3.8) is 0 Å².